The lowest BCUT2D eigenvalue weighted by Crippen LogP contribution is -2.23. The lowest BCUT2D eigenvalue weighted by atomic mass is 10.1. The van der Waals surface area contributed by atoms with Crippen molar-refractivity contribution in [3.8, 4) is 0 Å². The second kappa shape index (κ2) is 6.72. The molecule has 3 aromatic carbocycles. The Hall–Kier alpha value is -3.41. The van der Waals surface area contributed by atoms with Gasteiger partial charge >= 0.3 is 0 Å². The molecule has 0 saturated carbocycles. The minimum Gasteiger partial charge on any atom is -0.282 e. The predicted octanol–water partition coefficient (Wildman–Crippen LogP) is 4.32. The van der Waals surface area contributed by atoms with E-state index in [1.165, 1.54) is 12.1 Å². The van der Waals surface area contributed by atoms with Crippen molar-refractivity contribution < 1.29 is 4.92 Å². The Labute approximate surface area is 155 Å². The Kier molecular flexibility index (Phi) is 4.24. The molecular weight excluding hydrogens is 342 g/mol. The van der Waals surface area contributed by atoms with Crippen LogP contribution in [0.1, 0.15) is 18.9 Å². The molecule has 1 heterocycles. The molecule has 136 valence electrons. The summed E-state index contributed by atoms with van der Waals surface area (Å²) in [5.41, 5.74) is 1.49. The van der Waals surface area contributed by atoms with Crippen molar-refractivity contribution in [2.75, 3.05) is 0 Å². The number of aryl methyl sites for hydroxylation is 1. The predicted molar refractivity (Wildman–Crippen MR) is 106 cm³/mol. The maximum atomic E-state index is 13.0. The highest BCUT2D eigenvalue weighted by molar-refractivity contribution is 5.83. The summed E-state index contributed by atoms with van der Waals surface area (Å²) in [6.45, 7) is 3.14. The molecule has 0 fully saturated rings. The average Bonchev–Trinajstić information content (AvgIpc) is 2.93. The molecule has 0 aliphatic rings. The number of hydrogen-bond acceptors (Lipinski definition) is 3. The van der Waals surface area contributed by atoms with Crippen molar-refractivity contribution in [2.45, 2.75) is 26.4 Å². The van der Waals surface area contributed by atoms with Gasteiger partial charge in [0.15, 0.2) is 0 Å². The molecule has 0 aliphatic carbocycles. The average molecular weight is 361 g/mol. The van der Waals surface area contributed by atoms with Gasteiger partial charge in [-0.1, -0.05) is 43.3 Å². The zero-order valence-electron chi connectivity index (χ0n) is 15.0. The summed E-state index contributed by atoms with van der Waals surface area (Å²) in [7, 11) is 0. The molecule has 0 amide bonds. The minimum absolute atomic E-state index is 0.0638. The van der Waals surface area contributed by atoms with Crippen molar-refractivity contribution >= 4 is 27.4 Å². The first-order valence-corrected chi connectivity index (χ1v) is 8.94. The third-order valence-electron chi connectivity index (χ3n) is 4.81. The smallest absolute Gasteiger partial charge is 0.275 e. The largest absolute Gasteiger partial charge is 0.282 e. The van der Waals surface area contributed by atoms with E-state index in [9.17, 15) is 14.9 Å². The molecule has 0 aliphatic heterocycles. The van der Waals surface area contributed by atoms with Crippen LogP contribution in [-0.4, -0.2) is 14.3 Å². The lowest BCUT2D eigenvalue weighted by Gasteiger charge is -2.12. The monoisotopic (exact) mass is 361 g/mol. The van der Waals surface area contributed by atoms with Gasteiger partial charge in [0.1, 0.15) is 0 Å². The van der Waals surface area contributed by atoms with Crippen molar-refractivity contribution in [3.05, 3.63) is 86.7 Å². The van der Waals surface area contributed by atoms with E-state index in [4.69, 9.17) is 0 Å². The number of rotatable bonds is 5. The van der Waals surface area contributed by atoms with Gasteiger partial charge in [0, 0.05) is 18.7 Å². The summed E-state index contributed by atoms with van der Waals surface area (Å²) in [6.07, 6.45) is 0.859. The van der Waals surface area contributed by atoms with E-state index in [1.54, 1.807) is 10.7 Å². The normalized spacial score (nSPS) is 11.3. The summed E-state index contributed by atoms with van der Waals surface area (Å²) in [6, 6.07) is 18.7. The quantitative estimate of drug-likeness (QED) is 0.392. The Balaban J connectivity index is 1.85. The van der Waals surface area contributed by atoms with Crippen molar-refractivity contribution in [1.82, 2.24) is 9.36 Å². The van der Waals surface area contributed by atoms with Crippen molar-refractivity contribution in [2.24, 2.45) is 0 Å². The zero-order valence-corrected chi connectivity index (χ0v) is 15.0. The number of hydrogen-bond donors (Lipinski definition) is 0. The summed E-state index contributed by atoms with van der Waals surface area (Å²) < 4.78 is 3.61. The maximum Gasteiger partial charge on any atom is 0.275 e. The van der Waals surface area contributed by atoms with Gasteiger partial charge in [-0.15, -0.1) is 0 Å². The van der Waals surface area contributed by atoms with Crippen LogP contribution in [0.25, 0.3) is 21.7 Å². The van der Waals surface area contributed by atoms with Crippen LogP contribution in [-0.2, 0) is 13.1 Å². The molecule has 6 nitrogen and oxygen atoms in total. The number of nitrogens with zero attached hydrogens (tertiary/aromatic N) is 3. The topological polar surface area (TPSA) is 70.1 Å². The highest BCUT2D eigenvalue weighted by Crippen LogP contribution is 2.21. The van der Waals surface area contributed by atoms with Crippen LogP contribution < -0.4 is 5.56 Å². The molecule has 0 bridgehead atoms. The Morgan fingerprint density at radius 3 is 2.48 bits per heavy atom. The third-order valence-corrected chi connectivity index (χ3v) is 4.81. The molecule has 4 aromatic rings. The van der Waals surface area contributed by atoms with Crippen LogP contribution in [0, 0.1) is 10.1 Å². The molecule has 0 saturated heterocycles. The summed E-state index contributed by atoms with van der Waals surface area (Å²) in [5.74, 6) is 0. The molecule has 0 spiro atoms. The highest BCUT2D eigenvalue weighted by atomic mass is 16.6. The Morgan fingerprint density at radius 1 is 0.963 bits per heavy atom. The molecule has 0 radical (unpaired) electrons. The van der Waals surface area contributed by atoms with E-state index in [-0.39, 0.29) is 11.2 Å². The van der Waals surface area contributed by atoms with Gasteiger partial charge < -0.3 is 0 Å². The van der Waals surface area contributed by atoms with Gasteiger partial charge in [-0.2, -0.15) is 0 Å². The zero-order chi connectivity index (χ0) is 19.0. The number of nitro groups is 1. The van der Waals surface area contributed by atoms with Crippen LogP contribution in [0.5, 0.6) is 0 Å². The van der Waals surface area contributed by atoms with E-state index >= 15 is 0 Å². The molecule has 27 heavy (non-hydrogen) atoms. The molecular formula is C21H19N3O3. The summed E-state index contributed by atoms with van der Waals surface area (Å²) in [4.78, 5) is 23.6. The third kappa shape index (κ3) is 2.99. The van der Waals surface area contributed by atoms with E-state index in [1.807, 2.05) is 41.9 Å². The highest BCUT2D eigenvalue weighted by Gasteiger charge is 2.16. The fourth-order valence-electron chi connectivity index (χ4n) is 3.53. The fraction of sp³-hybridized carbons (Fsp3) is 0.190. The first-order valence-electron chi connectivity index (χ1n) is 8.94. The number of fused-ring (bicyclic) bond motifs is 2. The SMILES string of the molecule is CCCn1c2ccc([N+](=O)[O-])cc2c(=O)n1Cc1ccc2ccccc2c1. The second-order valence-corrected chi connectivity index (χ2v) is 6.63. The number of benzene rings is 3. The van der Waals surface area contributed by atoms with Gasteiger partial charge in [-0.25, -0.2) is 4.68 Å². The Morgan fingerprint density at radius 2 is 1.74 bits per heavy atom. The van der Waals surface area contributed by atoms with Gasteiger partial charge in [0.25, 0.3) is 11.2 Å². The Bertz CT molecular complexity index is 1220. The van der Waals surface area contributed by atoms with E-state index in [0.717, 1.165) is 28.3 Å². The molecule has 0 N–H and O–H groups in total. The van der Waals surface area contributed by atoms with Gasteiger partial charge in [-0.05, 0) is 34.9 Å². The first kappa shape index (κ1) is 17.0. The van der Waals surface area contributed by atoms with Crippen LogP contribution >= 0.6 is 0 Å². The standard InChI is InChI=1S/C21H19N3O3/c1-2-11-22-20-10-9-18(24(26)27)13-19(20)21(25)23(22)14-15-7-8-16-5-3-4-6-17(16)12-15/h3-10,12-13H,2,11,14H2,1H3. The number of aromatic nitrogens is 2. The van der Waals surface area contributed by atoms with Crippen LogP contribution in [0.3, 0.4) is 0 Å². The fourth-order valence-corrected chi connectivity index (χ4v) is 3.53. The number of nitro benzene ring substituents is 1. The molecule has 0 atom stereocenters. The van der Waals surface area contributed by atoms with Crippen molar-refractivity contribution in [3.63, 3.8) is 0 Å². The summed E-state index contributed by atoms with van der Waals surface area (Å²) >= 11 is 0. The second-order valence-electron chi connectivity index (χ2n) is 6.63. The maximum absolute atomic E-state index is 13.0. The minimum atomic E-state index is -0.469. The molecule has 4 rings (SSSR count). The van der Waals surface area contributed by atoms with Gasteiger partial charge in [0.2, 0.25) is 0 Å². The molecule has 6 heteroatoms. The van der Waals surface area contributed by atoms with Crippen LogP contribution in [0.2, 0.25) is 0 Å². The van der Waals surface area contributed by atoms with Gasteiger partial charge in [0.05, 0.1) is 22.4 Å². The van der Waals surface area contributed by atoms with E-state index < -0.39 is 4.92 Å². The van der Waals surface area contributed by atoms with E-state index in [2.05, 4.69) is 12.1 Å². The molecule has 0 unspecified atom stereocenters. The van der Waals surface area contributed by atoms with Crippen LogP contribution in [0.4, 0.5) is 5.69 Å². The summed E-state index contributed by atoms with van der Waals surface area (Å²) in [5, 5.41) is 13.7. The first-order chi connectivity index (χ1) is 13.1. The van der Waals surface area contributed by atoms with E-state index in [0.29, 0.717) is 18.5 Å². The van der Waals surface area contributed by atoms with Crippen molar-refractivity contribution in [1.29, 1.82) is 0 Å². The number of non-ortho nitro benzene ring substituents is 1. The van der Waals surface area contributed by atoms with Gasteiger partial charge in [-0.3, -0.25) is 19.6 Å². The van der Waals surface area contributed by atoms with Crippen LogP contribution in [0.15, 0.2) is 65.5 Å². The lowest BCUT2D eigenvalue weighted by molar-refractivity contribution is -0.384. The molecule has 1 aromatic heterocycles.